The van der Waals surface area contributed by atoms with Crippen LogP contribution in [0.1, 0.15) is 24.0 Å². The van der Waals surface area contributed by atoms with Gasteiger partial charge in [-0.3, -0.25) is 4.90 Å². The highest BCUT2D eigenvalue weighted by molar-refractivity contribution is 5.23. The lowest BCUT2D eigenvalue weighted by Gasteiger charge is -2.18. The Morgan fingerprint density at radius 1 is 1.33 bits per heavy atom. The summed E-state index contributed by atoms with van der Waals surface area (Å²) in [6.07, 6.45) is 2.45. The van der Waals surface area contributed by atoms with Gasteiger partial charge >= 0.3 is 0 Å². The predicted octanol–water partition coefficient (Wildman–Crippen LogP) is 2.30. The van der Waals surface area contributed by atoms with Gasteiger partial charge in [0.1, 0.15) is 5.82 Å². The molecule has 3 unspecified atom stereocenters. The molecule has 1 saturated heterocycles. The Hall–Kier alpha value is -0.930. The Labute approximate surface area is 108 Å². The van der Waals surface area contributed by atoms with Crippen molar-refractivity contribution in [1.82, 2.24) is 4.90 Å². The Morgan fingerprint density at radius 2 is 2.17 bits per heavy atom. The second-order valence-electron chi connectivity index (χ2n) is 5.94. The van der Waals surface area contributed by atoms with E-state index in [1.165, 1.54) is 12.8 Å². The summed E-state index contributed by atoms with van der Waals surface area (Å²) in [4.78, 5) is 2.43. The second-order valence-corrected chi connectivity index (χ2v) is 5.94. The average molecular weight is 248 g/mol. The third kappa shape index (κ3) is 2.17. The first-order valence-electron chi connectivity index (χ1n) is 6.86. The molecule has 2 N–H and O–H groups in total. The van der Waals surface area contributed by atoms with E-state index in [0.717, 1.165) is 36.7 Å². The summed E-state index contributed by atoms with van der Waals surface area (Å²) in [5.41, 5.74) is 7.93. The van der Waals surface area contributed by atoms with Gasteiger partial charge in [-0.25, -0.2) is 4.39 Å². The topological polar surface area (TPSA) is 29.3 Å². The van der Waals surface area contributed by atoms with Crippen molar-refractivity contribution in [3.05, 3.63) is 35.1 Å². The standard InChI is InChI=1S/C15H21FN2/c1-10-2-3-11(6-14(10)16)7-18-8-12-4-5-15(17)13(12)9-18/h2-3,6,12-13,15H,4-5,7-9,17H2,1H3. The van der Waals surface area contributed by atoms with Gasteiger partial charge in [0, 0.05) is 25.7 Å². The Balaban J connectivity index is 1.66. The van der Waals surface area contributed by atoms with Gasteiger partial charge in [0.25, 0.3) is 0 Å². The fourth-order valence-corrected chi connectivity index (χ4v) is 3.52. The van der Waals surface area contributed by atoms with Crippen molar-refractivity contribution in [1.29, 1.82) is 0 Å². The molecule has 98 valence electrons. The summed E-state index contributed by atoms with van der Waals surface area (Å²) in [6, 6.07) is 5.96. The van der Waals surface area contributed by atoms with Crippen LogP contribution in [-0.4, -0.2) is 24.0 Å². The first-order valence-corrected chi connectivity index (χ1v) is 6.86. The quantitative estimate of drug-likeness (QED) is 0.870. The lowest BCUT2D eigenvalue weighted by Crippen LogP contribution is -2.30. The number of nitrogens with zero attached hydrogens (tertiary/aromatic N) is 1. The van der Waals surface area contributed by atoms with Crippen molar-refractivity contribution >= 4 is 0 Å². The Kier molecular flexibility index (Phi) is 3.12. The maximum Gasteiger partial charge on any atom is 0.126 e. The van der Waals surface area contributed by atoms with Crippen LogP contribution in [0, 0.1) is 24.6 Å². The molecular formula is C15H21FN2. The molecule has 3 atom stereocenters. The van der Waals surface area contributed by atoms with Crippen LogP contribution >= 0.6 is 0 Å². The maximum absolute atomic E-state index is 13.5. The molecule has 0 amide bonds. The number of benzene rings is 1. The molecule has 1 aliphatic carbocycles. The lowest BCUT2D eigenvalue weighted by atomic mass is 9.98. The third-order valence-corrected chi connectivity index (χ3v) is 4.63. The van der Waals surface area contributed by atoms with E-state index in [4.69, 9.17) is 5.73 Å². The van der Waals surface area contributed by atoms with Crippen LogP contribution in [0.5, 0.6) is 0 Å². The van der Waals surface area contributed by atoms with Crippen LogP contribution in [0.15, 0.2) is 18.2 Å². The summed E-state index contributed by atoms with van der Waals surface area (Å²) >= 11 is 0. The molecule has 1 aromatic rings. The van der Waals surface area contributed by atoms with E-state index in [0.29, 0.717) is 12.0 Å². The minimum absolute atomic E-state index is 0.0939. The van der Waals surface area contributed by atoms with Crippen LogP contribution in [0.25, 0.3) is 0 Å². The van der Waals surface area contributed by atoms with Crippen LogP contribution < -0.4 is 5.73 Å². The second kappa shape index (κ2) is 4.63. The molecule has 18 heavy (non-hydrogen) atoms. The van der Waals surface area contributed by atoms with E-state index in [-0.39, 0.29) is 5.82 Å². The molecule has 1 saturated carbocycles. The van der Waals surface area contributed by atoms with Crippen LogP contribution in [0.4, 0.5) is 4.39 Å². The lowest BCUT2D eigenvalue weighted by molar-refractivity contribution is 0.298. The van der Waals surface area contributed by atoms with Gasteiger partial charge in [-0.2, -0.15) is 0 Å². The molecule has 2 nitrogen and oxygen atoms in total. The highest BCUT2D eigenvalue weighted by atomic mass is 19.1. The first kappa shape index (κ1) is 12.1. The zero-order valence-corrected chi connectivity index (χ0v) is 10.9. The van der Waals surface area contributed by atoms with Crippen LogP contribution in [0.2, 0.25) is 0 Å². The SMILES string of the molecule is Cc1ccc(CN2CC3CCC(N)C3C2)cc1F. The van der Waals surface area contributed by atoms with E-state index in [9.17, 15) is 4.39 Å². The highest BCUT2D eigenvalue weighted by Gasteiger charge is 2.40. The molecule has 0 bridgehead atoms. The molecule has 1 aromatic carbocycles. The molecule has 0 aromatic heterocycles. The van der Waals surface area contributed by atoms with Gasteiger partial charge in [-0.05, 0) is 48.8 Å². The van der Waals surface area contributed by atoms with Gasteiger partial charge in [0.05, 0.1) is 0 Å². The molecular weight excluding hydrogens is 227 g/mol. The van der Waals surface area contributed by atoms with E-state index in [1.54, 1.807) is 13.0 Å². The smallest absolute Gasteiger partial charge is 0.126 e. The number of hydrogen-bond acceptors (Lipinski definition) is 2. The monoisotopic (exact) mass is 248 g/mol. The normalized spacial score (nSPS) is 31.8. The minimum atomic E-state index is -0.0939. The van der Waals surface area contributed by atoms with Crippen molar-refractivity contribution in [3.8, 4) is 0 Å². The molecule has 1 aliphatic heterocycles. The molecule has 1 heterocycles. The van der Waals surface area contributed by atoms with Crippen molar-refractivity contribution < 1.29 is 4.39 Å². The van der Waals surface area contributed by atoms with E-state index in [1.807, 2.05) is 12.1 Å². The van der Waals surface area contributed by atoms with E-state index < -0.39 is 0 Å². The fourth-order valence-electron chi connectivity index (χ4n) is 3.52. The number of rotatable bonds is 2. The van der Waals surface area contributed by atoms with Crippen molar-refractivity contribution in [2.24, 2.45) is 17.6 Å². The molecule has 2 fully saturated rings. The average Bonchev–Trinajstić information content (AvgIpc) is 2.87. The van der Waals surface area contributed by atoms with Crippen molar-refractivity contribution in [2.75, 3.05) is 13.1 Å². The van der Waals surface area contributed by atoms with Gasteiger partial charge in [0.15, 0.2) is 0 Å². The van der Waals surface area contributed by atoms with Crippen LogP contribution in [-0.2, 0) is 6.54 Å². The number of halogens is 1. The Morgan fingerprint density at radius 3 is 2.89 bits per heavy atom. The minimum Gasteiger partial charge on any atom is -0.327 e. The van der Waals surface area contributed by atoms with Gasteiger partial charge in [0.2, 0.25) is 0 Å². The molecule has 0 radical (unpaired) electrons. The number of aryl methyl sites for hydroxylation is 1. The van der Waals surface area contributed by atoms with E-state index >= 15 is 0 Å². The van der Waals surface area contributed by atoms with Crippen LogP contribution in [0.3, 0.4) is 0 Å². The van der Waals surface area contributed by atoms with Gasteiger partial charge < -0.3 is 5.73 Å². The third-order valence-electron chi connectivity index (χ3n) is 4.63. The molecule has 2 aliphatic rings. The number of fused-ring (bicyclic) bond motifs is 1. The number of likely N-dealkylation sites (tertiary alicyclic amines) is 1. The van der Waals surface area contributed by atoms with Crippen molar-refractivity contribution in [2.45, 2.75) is 32.4 Å². The molecule has 0 spiro atoms. The summed E-state index contributed by atoms with van der Waals surface area (Å²) in [5, 5.41) is 0. The summed E-state index contributed by atoms with van der Waals surface area (Å²) in [5.74, 6) is 1.35. The maximum atomic E-state index is 13.5. The number of nitrogens with two attached hydrogens (primary N) is 1. The summed E-state index contributed by atoms with van der Waals surface area (Å²) < 4.78 is 13.5. The first-order chi connectivity index (χ1) is 8.63. The highest BCUT2D eigenvalue weighted by Crippen LogP contribution is 2.37. The Bertz CT molecular complexity index is 446. The van der Waals surface area contributed by atoms with Crippen molar-refractivity contribution in [3.63, 3.8) is 0 Å². The zero-order valence-electron chi connectivity index (χ0n) is 10.9. The molecule has 3 rings (SSSR count). The van der Waals surface area contributed by atoms with Gasteiger partial charge in [-0.15, -0.1) is 0 Å². The summed E-state index contributed by atoms with van der Waals surface area (Å²) in [7, 11) is 0. The molecule has 3 heteroatoms. The summed E-state index contributed by atoms with van der Waals surface area (Å²) in [6.45, 7) is 4.88. The van der Waals surface area contributed by atoms with E-state index in [2.05, 4.69) is 4.90 Å². The zero-order chi connectivity index (χ0) is 12.7. The largest absolute Gasteiger partial charge is 0.327 e. The predicted molar refractivity (Wildman–Crippen MR) is 70.6 cm³/mol. The number of hydrogen-bond donors (Lipinski definition) is 1. The fraction of sp³-hybridized carbons (Fsp3) is 0.600. The van der Waals surface area contributed by atoms with Gasteiger partial charge in [-0.1, -0.05) is 12.1 Å².